The summed E-state index contributed by atoms with van der Waals surface area (Å²) in [4.78, 5) is 0. The van der Waals surface area contributed by atoms with Gasteiger partial charge in [0.05, 0.1) is 6.10 Å². The molecule has 29 heavy (non-hydrogen) atoms. The molecule has 0 saturated heterocycles. The first-order valence-corrected chi connectivity index (χ1v) is 11.1. The van der Waals surface area contributed by atoms with E-state index in [0.717, 1.165) is 31.7 Å². The molecule has 0 heterocycles. The second kappa shape index (κ2) is 10.1. The van der Waals surface area contributed by atoms with E-state index in [2.05, 4.69) is 45.6 Å². The van der Waals surface area contributed by atoms with E-state index in [-0.39, 0.29) is 12.1 Å². The third-order valence-electron chi connectivity index (χ3n) is 5.78. The number of aliphatic hydroxyl groups is 1. The molecule has 1 aliphatic carbocycles. The Bertz CT molecular complexity index is 826. The molecule has 3 rings (SSSR count). The van der Waals surface area contributed by atoms with Crippen LogP contribution in [0.3, 0.4) is 0 Å². The fraction of sp³-hybridized carbons (Fsp3) is 0.478. The van der Waals surface area contributed by atoms with Crippen LogP contribution in [0.4, 0.5) is 8.78 Å². The summed E-state index contributed by atoms with van der Waals surface area (Å²) in [5.74, 6) is -1.20. The first-order valence-electron chi connectivity index (χ1n) is 10.3. The molecule has 0 fully saturated rings. The van der Waals surface area contributed by atoms with Gasteiger partial charge in [0, 0.05) is 29.2 Å². The van der Waals surface area contributed by atoms with E-state index >= 15 is 0 Å². The number of likely N-dealkylation sites (N-methyl/N-ethyl adjacent to an activating group) is 1. The highest BCUT2D eigenvalue weighted by atomic mass is 79.9. The zero-order valence-electron chi connectivity index (χ0n) is 16.9. The number of aliphatic hydroxyl groups excluding tert-OH is 1. The Morgan fingerprint density at radius 1 is 1.14 bits per heavy atom. The predicted octanol–water partition coefficient (Wildman–Crippen LogP) is 4.45. The maximum atomic E-state index is 13.5. The van der Waals surface area contributed by atoms with E-state index in [1.54, 1.807) is 7.05 Å². The van der Waals surface area contributed by atoms with E-state index in [1.807, 2.05) is 0 Å². The summed E-state index contributed by atoms with van der Waals surface area (Å²) in [5.41, 5.74) is 4.48. The lowest BCUT2D eigenvalue weighted by atomic mass is 9.86. The molecule has 0 bridgehead atoms. The highest BCUT2D eigenvalue weighted by Crippen LogP contribution is 2.35. The van der Waals surface area contributed by atoms with E-state index in [9.17, 15) is 13.9 Å². The lowest BCUT2D eigenvalue weighted by molar-refractivity contribution is 0.124. The largest absolute Gasteiger partial charge is 0.390 e. The lowest BCUT2D eigenvalue weighted by Crippen LogP contribution is -2.46. The Balaban J connectivity index is 1.67. The van der Waals surface area contributed by atoms with Crippen molar-refractivity contribution in [3.05, 3.63) is 68.7 Å². The Hall–Kier alpha value is -1.34. The Labute approximate surface area is 180 Å². The van der Waals surface area contributed by atoms with Crippen LogP contribution in [0, 0.1) is 11.6 Å². The van der Waals surface area contributed by atoms with Crippen molar-refractivity contribution >= 4 is 15.9 Å². The van der Waals surface area contributed by atoms with Gasteiger partial charge in [0.2, 0.25) is 0 Å². The summed E-state index contributed by atoms with van der Waals surface area (Å²) in [6, 6.07) is 7.85. The summed E-state index contributed by atoms with van der Waals surface area (Å²) >= 11 is 3.72. The van der Waals surface area contributed by atoms with E-state index < -0.39 is 17.7 Å². The minimum absolute atomic E-state index is 0.195. The second-order valence-corrected chi connectivity index (χ2v) is 8.65. The van der Waals surface area contributed by atoms with Gasteiger partial charge in [0.1, 0.15) is 11.6 Å². The standard InChI is InChI=1S/C23H29BrF2N2O/c1-3-14-9-19-18(20(24)10-14)5-4-6-21(19)28-13-23(29)22(27-2)11-15-7-16(25)12-17(26)8-15/h7-10,12,21-23,27-29H,3-6,11,13H2,1-2H3/t21-,22?,23+/m0/s1. The van der Waals surface area contributed by atoms with Crippen molar-refractivity contribution in [1.29, 1.82) is 0 Å². The molecule has 2 aromatic rings. The molecule has 1 aliphatic rings. The van der Waals surface area contributed by atoms with E-state index in [4.69, 9.17) is 0 Å². The van der Waals surface area contributed by atoms with Crippen molar-refractivity contribution in [2.45, 2.75) is 57.2 Å². The Morgan fingerprint density at radius 2 is 1.86 bits per heavy atom. The number of nitrogens with one attached hydrogen (secondary N) is 2. The van der Waals surface area contributed by atoms with Crippen molar-refractivity contribution in [3.8, 4) is 0 Å². The van der Waals surface area contributed by atoms with Crippen LogP contribution in [-0.2, 0) is 19.3 Å². The molecule has 0 aromatic heterocycles. The summed E-state index contributed by atoms with van der Waals surface area (Å²) in [6.07, 6.45) is 3.83. The quantitative estimate of drug-likeness (QED) is 0.538. The number of benzene rings is 2. The maximum Gasteiger partial charge on any atom is 0.126 e. The summed E-state index contributed by atoms with van der Waals surface area (Å²) in [5, 5.41) is 17.3. The topological polar surface area (TPSA) is 44.3 Å². The number of aryl methyl sites for hydroxylation is 1. The second-order valence-electron chi connectivity index (χ2n) is 7.80. The molecule has 0 aliphatic heterocycles. The Morgan fingerprint density at radius 3 is 2.52 bits per heavy atom. The van der Waals surface area contributed by atoms with Gasteiger partial charge in [0.15, 0.2) is 0 Å². The van der Waals surface area contributed by atoms with Gasteiger partial charge < -0.3 is 15.7 Å². The first kappa shape index (κ1) is 22.3. The van der Waals surface area contributed by atoms with Gasteiger partial charge in [-0.1, -0.05) is 28.9 Å². The van der Waals surface area contributed by atoms with Crippen molar-refractivity contribution in [2.24, 2.45) is 0 Å². The highest BCUT2D eigenvalue weighted by Gasteiger charge is 2.25. The molecule has 0 amide bonds. The molecular formula is C23H29BrF2N2O. The van der Waals surface area contributed by atoms with Gasteiger partial charge in [-0.15, -0.1) is 0 Å². The monoisotopic (exact) mass is 466 g/mol. The van der Waals surface area contributed by atoms with Gasteiger partial charge in [-0.25, -0.2) is 8.78 Å². The van der Waals surface area contributed by atoms with Gasteiger partial charge in [-0.3, -0.25) is 0 Å². The molecule has 0 saturated carbocycles. The van der Waals surface area contributed by atoms with Crippen LogP contribution in [0.2, 0.25) is 0 Å². The summed E-state index contributed by atoms with van der Waals surface area (Å²) in [7, 11) is 1.75. The fourth-order valence-electron chi connectivity index (χ4n) is 4.16. The van der Waals surface area contributed by atoms with Crippen LogP contribution in [0.1, 0.15) is 48.1 Å². The van der Waals surface area contributed by atoms with Crippen LogP contribution in [0.25, 0.3) is 0 Å². The fourth-order valence-corrected chi connectivity index (χ4v) is 4.89. The maximum absolute atomic E-state index is 13.5. The van der Waals surface area contributed by atoms with Crippen molar-refractivity contribution < 1.29 is 13.9 Å². The summed E-state index contributed by atoms with van der Waals surface area (Å²) < 4.78 is 28.1. The number of halogens is 3. The molecule has 0 radical (unpaired) electrons. The van der Waals surface area contributed by atoms with Crippen LogP contribution < -0.4 is 10.6 Å². The predicted molar refractivity (Wildman–Crippen MR) is 116 cm³/mol. The minimum atomic E-state index is -0.686. The third kappa shape index (κ3) is 5.63. The number of fused-ring (bicyclic) bond motifs is 1. The number of hydrogen-bond donors (Lipinski definition) is 3. The van der Waals surface area contributed by atoms with Crippen LogP contribution in [0.15, 0.2) is 34.8 Å². The van der Waals surface area contributed by atoms with E-state index in [0.29, 0.717) is 18.5 Å². The smallest absolute Gasteiger partial charge is 0.126 e. The molecule has 1 unspecified atom stereocenters. The number of rotatable bonds is 8. The normalized spacial score (nSPS) is 18.3. The molecular weight excluding hydrogens is 438 g/mol. The molecule has 158 valence electrons. The van der Waals surface area contributed by atoms with Crippen LogP contribution in [-0.4, -0.2) is 30.8 Å². The zero-order chi connectivity index (χ0) is 21.0. The highest BCUT2D eigenvalue weighted by molar-refractivity contribution is 9.10. The molecule has 2 aromatic carbocycles. The zero-order valence-corrected chi connectivity index (χ0v) is 18.5. The Kier molecular flexibility index (Phi) is 7.79. The van der Waals surface area contributed by atoms with Gasteiger partial charge in [-0.05, 0) is 79.6 Å². The molecule has 3 N–H and O–H groups in total. The van der Waals surface area contributed by atoms with Gasteiger partial charge in [-0.2, -0.15) is 0 Å². The molecule has 3 atom stereocenters. The van der Waals surface area contributed by atoms with Crippen molar-refractivity contribution in [2.75, 3.05) is 13.6 Å². The molecule has 0 spiro atoms. The van der Waals surface area contributed by atoms with Crippen LogP contribution >= 0.6 is 15.9 Å². The lowest BCUT2D eigenvalue weighted by Gasteiger charge is -2.30. The third-order valence-corrected chi connectivity index (χ3v) is 6.49. The molecule has 6 heteroatoms. The average molecular weight is 467 g/mol. The van der Waals surface area contributed by atoms with E-state index in [1.165, 1.54) is 33.3 Å². The van der Waals surface area contributed by atoms with Gasteiger partial charge >= 0.3 is 0 Å². The SMILES string of the molecule is CCc1cc(Br)c2c(c1)[C@@H](NC[C@@H](O)C(Cc1cc(F)cc(F)c1)NC)CCC2. The molecule has 3 nitrogen and oxygen atoms in total. The van der Waals surface area contributed by atoms with Crippen molar-refractivity contribution in [1.82, 2.24) is 10.6 Å². The van der Waals surface area contributed by atoms with Gasteiger partial charge in [0.25, 0.3) is 0 Å². The van der Waals surface area contributed by atoms with Crippen LogP contribution in [0.5, 0.6) is 0 Å². The summed E-state index contributed by atoms with van der Waals surface area (Å²) in [6.45, 7) is 2.55. The van der Waals surface area contributed by atoms with Crippen molar-refractivity contribution in [3.63, 3.8) is 0 Å². The minimum Gasteiger partial charge on any atom is -0.390 e. The average Bonchev–Trinajstić information content (AvgIpc) is 2.69. The first-order chi connectivity index (χ1) is 13.9. The number of hydrogen-bond acceptors (Lipinski definition) is 3.